The van der Waals surface area contributed by atoms with Crippen molar-refractivity contribution in [2.45, 2.75) is 39.7 Å². The molecule has 0 aromatic rings. The molecule has 4 heteroatoms. The standard InChI is InChI=1S/C14H24N2O2/c1-4-6-14(12(2)3)15-18-11-13-7-5-8-16(13)9-10-17/h12-13,17H,5,7-11H2,1-3H3/b15-14+/t13-/m1/s1. The average Bonchev–Trinajstić information content (AvgIpc) is 2.76. The lowest BCUT2D eigenvalue weighted by Gasteiger charge is -2.22. The van der Waals surface area contributed by atoms with Crippen LogP contribution in [0.4, 0.5) is 0 Å². The molecule has 1 atom stereocenters. The summed E-state index contributed by atoms with van der Waals surface area (Å²) in [7, 11) is 0. The summed E-state index contributed by atoms with van der Waals surface area (Å²) in [5, 5.41) is 13.1. The Hall–Kier alpha value is -1.05. The minimum Gasteiger partial charge on any atom is -0.395 e. The fraction of sp³-hybridized carbons (Fsp3) is 0.786. The van der Waals surface area contributed by atoms with E-state index in [2.05, 4.69) is 35.7 Å². The Labute approximate surface area is 110 Å². The van der Waals surface area contributed by atoms with Gasteiger partial charge in [0.15, 0.2) is 0 Å². The molecule has 102 valence electrons. The quantitative estimate of drug-likeness (QED) is 0.442. The third kappa shape index (κ3) is 4.67. The zero-order chi connectivity index (χ0) is 13.4. The van der Waals surface area contributed by atoms with Gasteiger partial charge in [-0.05, 0) is 32.2 Å². The third-order valence-corrected chi connectivity index (χ3v) is 3.12. The Morgan fingerprint density at radius 1 is 1.56 bits per heavy atom. The van der Waals surface area contributed by atoms with Crippen LogP contribution in [0.15, 0.2) is 5.16 Å². The molecule has 4 nitrogen and oxygen atoms in total. The lowest BCUT2D eigenvalue weighted by Crippen LogP contribution is -2.34. The maximum Gasteiger partial charge on any atom is 0.132 e. The molecule has 0 amide bonds. The highest BCUT2D eigenvalue weighted by atomic mass is 16.6. The molecule has 0 saturated carbocycles. The predicted octanol–water partition coefficient (Wildman–Crippen LogP) is 1.49. The van der Waals surface area contributed by atoms with E-state index in [-0.39, 0.29) is 12.5 Å². The summed E-state index contributed by atoms with van der Waals surface area (Å²) in [6.07, 6.45) is 2.29. The molecule has 1 aliphatic heterocycles. The van der Waals surface area contributed by atoms with Gasteiger partial charge in [-0.3, -0.25) is 4.90 Å². The highest BCUT2D eigenvalue weighted by Crippen LogP contribution is 2.16. The fourth-order valence-corrected chi connectivity index (χ4v) is 2.10. The first-order valence-corrected chi connectivity index (χ1v) is 6.66. The summed E-state index contributed by atoms with van der Waals surface area (Å²) >= 11 is 0. The highest BCUT2D eigenvalue weighted by Gasteiger charge is 2.24. The van der Waals surface area contributed by atoms with Gasteiger partial charge in [0.1, 0.15) is 12.3 Å². The maximum absolute atomic E-state index is 8.97. The minimum absolute atomic E-state index is 0.207. The van der Waals surface area contributed by atoms with E-state index in [1.807, 2.05) is 0 Å². The van der Waals surface area contributed by atoms with Crippen molar-refractivity contribution in [3.8, 4) is 11.8 Å². The summed E-state index contributed by atoms with van der Waals surface area (Å²) < 4.78 is 0. The van der Waals surface area contributed by atoms with Gasteiger partial charge in [-0.15, -0.1) is 0 Å². The molecule has 1 aliphatic rings. The van der Waals surface area contributed by atoms with E-state index >= 15 is 0 Å². The molecular formula is C14H24N2O2. The molecule has 0 spiro atoms. The predicted molar refractivity (Wildman–Crippen MR) is 73.4 cm³/mol. The van der Waals surface area contributed by atoms with Crippen LogP contribution >= 0.6 is 0 Å². The number of hydrogen-bond donors (Lipinski definition) is 1. The topological polar surface area (TPSA) is 45.1 Å². The Kier molecular flexibility index (Phi) is 6.77. The highest BCUT2D eigenvalue weighted by molar-refractivity contribution is 6.01. The molecule has 1 rings (SSSR count). The van der Waals surface area contributed by atoms with Gasteiger partial charge in [-0.25, -0.2) is 0 Å². The number of aliphatic hydroxyl groups is 1. The van der Waals surface area contributed by atoms with Gasteiger partial charge in [-0.1, -0.05) is 24.9 Å². The molecule has 18 heavy (non-hydrogen) atoms. The summed E-state index contributed by atoms with van der Waals surface area (Å²) in [5.74, 6) is 6.10. The lowest BCUT2D eigenvalue weighted by atomic mass is 10.1. The zero-order valence-corrected chi connectivity index (χ0v) is 11.6. The first-order chi connectivity index (χ1) is 8.69. The summed E-state index contributed by atoms with van der Waals surface area (Å²) in [5.41, 5.74) is 0.796. The normalized spacial score (nSPS) is 20.9. The largest absolute Gasteiger partial charge is 0.395 e. The van der Waals surface area contributed by atoms with E-state index < -0.39 is 0 Å². The summed E-state index contributed by atoms with van der Waals surface area (Å²) in [6, 6.07) is 0.379. The maximum atomic E-state index is 8.97. The van der Waals surface area contributed by atoms with Crippen LogP contribution in [0.3, 0.4) is 0 Å². The molecule has 0 unspecified atom stereocenters. The van der Waals surface area contributed by atoms with Crippen molar-refractivity contribution in [1.82, 2.24) is 4.90 Å². The Morgan fingerprint density at radius 2 is 2.33 bits per heavy atom. The van der Waals surface area contributed by atoms with Crippen molar-refractivity contribution in [3.05, 3.63) is 0 Å². The second-order valence-electron chi connectivity index (χ2n) is 4.86. The number of aliphatic hydroxyl groups excluding tert-OH is 1. The first kappa shape index (κ1) is 15.0. The molecule has 0 radical (unpaired) electrons. The van der Waals surface area contributed by atoms with Crippen molar-refractivity contribution < 1.29 is 9.94 Å². The van der Waals surface area contributed by atoms with E-state index in [0.29, 0.717) is 12.6 Å². The van der Waals surface area contributed by atoms with Crippen molar-refractivity contribution in [1.29, 1.82) is 0 Å². The molecule has 0 aromatic carbocycles. The van der Waals surface area contributed by atoms with Crippen LogP contribution in [0.5, 0.6) is 0 Å². The van der Waals surface area contributed by atoms with Crippen molar-refractivity contribution >= 4 is 5.71 Å². The minimum atomic E-state index is 0.207. The number of nitrogens with zero attached hydrogens (tertiary/aromatic N) is 2. The lowest BCUT2D eigenvalue weighted by molar-refractivity contribution is 0.0741. The van der Waals surface area contributed by atoms with E-state index in [1.54, 1.807) is 6.92 Å². The summed E-state index contributed by atoms with van der Waals surface area (Å²) in [4.78, 5) is 7.69. The smallest absolute Gasteiger partial charge is 0.132 e. The third-order valence-electron chi connectivity index (χ3n) is 3.12. The van der Waals surface area contributed by atoms with Crippen molar-refractivity contribution in [2.75, 3.05) is 26.3 Å². The SMILES string of the molecule is CC#C/C(=N\OC[C@H]1CCCN1CCO)C(C)C. The van der Waals surface area contributed by atoms with E-state index in [1.165, 1.54) is 6.42 Å². The molecule has 1 heterocycles. The van der Waals surface area contributed by atoms with E-state index in [4.69, 9.17) is 9.94 Å². The van der Waals surface area contributed by atoms with Crippen LogP contribution in [0.25, 0.3) is 0 Å². The van der Waals surface area contributed by atoms with Gasteiger partial charge in [0.25, 0.3) is 0 Å². The van der Waals surface area contributed by atoms with E-state index in [0.717, 1.165) is 25.2 Å². The van der Waals surface area contributed by atoms with Crippen LogP contribution < -0.4 is 0 Å². The van der Waals surface area contributed by atoms with Crippen molar-refractivity contribution in [3.63, 3.8) is 0 Å². The Morgan fingerprint density at radius 3 is 2.94 bits per heavy atom. The van der Waals surface area contributed by atoms with Crippen LogP contribution in [-0.2, 0) is 4.84 Å². The number of hydrogen-bond acceptors (Lipinski definition) is 4. The monoisotopic (exact) mass is 252 g/mol. The van der Waals surface area contributed by atoms with Crippen LogP contribution in [-0.4, -0.2) is 48.1 Å². The zero-order valence-electron chi connectivity index (χ0n) is 11.6. The molecular weight excluding hydrogens is 228 g/mol. The van der Waals surface area contributed by atoms with Gasteiger partial charge in [0, 0.05) is 18.5 Å². The van der Waals surface area contributed by atoms with Gasteiger partial charge in [0.05, 0.1) is 6.61 Å². The summed E-state index contributed by atoms with van der Waals surface area (Å²) in [6.45, 7) is 8.48. The average molecular weight is 252 g/mol. The second-order valence-corrected chi connectivity index (χ2v) is 4.86. The number of oxime groups is 1. The van der Waals surface area contributed by atoms with Gasteiger partial charge in [-0.2, -0.15) is 0 Å². The Bertz CT molecular complexity index is 328. The number of β-amino-alcohol motifs (C(OH)–C–C–N with tert-alkyl or cyclic N) is 1. The van der Waals surface area contributed by atoms with Crippen LogP contribution in [0.2, 0.25) is 0 Å². The molecule has 0 aromatic heterocycles. The van der Waals surface area contributed by atoms with Gasteiger partial charge >= 0.3 is 0 Å². The number of rotatable bonds is 6. The fourth-order valence-electron chi connectivity index (χ4n) is 2.10. The van der Waals surface area contributed by atoms with Crippen LogP contribution in [0.1, 0.15) is 33.6 Å². The van der Waals surface area contributed by atoms with Crippen molar-refractivity contribution in [2.24, 2.45) is 11.1 Å². The van der Waals surface area contributed by atoms with Crippen LogP contribution in [0, 0.1) is 17.8 Å². The number of likely N-dealkylation sites (tertiary alicyclic amines) is 1. The van der Waals surface area contributed by atoms with Gasteiger partial charge in [0.2, 0.25) is 0 Å². The first-order valence-electron chi connectivity index (χ1n) is 6.66. The van der Waals surface area contributed by atoms with E-state index in [9.17, 15) is 0 Å². The molecule has 1 N–H and O–H groups in total. The molecule has 0 aliphatic carbocycles. The van der Waals surface area contributed by atoms with Gasteiger partial charge < -0.3 is 9.94 Å². The Balaban J connectivity index is 2.43. The molecule has 1 saturated heterocycles. The second kappa shape index (κ2) is 8.12. The molecule has 1 fully saturated rings. The molecule has 0 bridgehead atoms.